The molecule has 0 unspecified atom stereocenters. The van der Waals surface area contributed by atoms with Crippen LogP contribution in [-0.4, -0.2) is 31.1 Å². The molecule has 11 heteroatoms. The fourth-order valence-electron chi connectivity index (χ4n) is 3.82. The zero-order valence-corrected chi connectivity index (χ0v) is 19.0. The van der Waals surface area contributed by atoms with Crippen molar-refractivity contribution < 1.29 is 27.3 Å². The number of nitrogens with two attached hydrogens (primary N) is 1. The van der Waals surface area contributed by atoms with Gasteiger partial charge < -0.3 is 16.0 Å². The van der Waals surface area contributed by atoms with Crippen LogP contribution in [0.1, 0.15) is 48.0 Å². The second-order valence-electron chi connectivity index (χ2n) is 8.12. The maximum absolute atomic E-state index is 13.0. The minimum atomic E-state index is -3.93. The molecule has 7 nitrogen and oxygen atoms in total. The highest BCUT2D eigenvalue weighted by atomic mass is 19.4. The molecular weight excluding hydrogens is 456 g/mol. The number of benzene rings is 2. The number of anilines is 2. The number of halogens is 4. The molecule has 1 aliphatic carbocycles. The molecule has 1 amide bonds. The maximum Gasteiger partial charge on any atom is 0.391 e. The summed E-state index contributed by atoms with van der Waals surface area (Å²) in [6, 6.07) is 8.59. The van der Waals surface area contributed by atoms with Crippen LogP contribution >= 0.6 is 0 Å². The van der Waals surface area contributed by atoms with Crippen molar-refractivity contribution in [3.05, 3.63) is 63.5 Å². The topological polar surface area (TPSA) is 102 Å². The Hall–Kier alpha value is -3.37. The van der Waals surface area contributed by atoms with Crippen molar-refractivity contribution in [2.24, 2.45) is 11.7 Å². The molecule has 3 N–H and O–H groups in total. The lowest BCUT2D eigenvalue weighted by atomic mass is 9.89. The number of rotatable bonds is 6. The van der Waals surface area contributed by atoms with Crippen molar-refractivity contribution in [1.29, 1.82) is 0 Å². The van der Waals surface area contributed by atoms with Crippen LogP contribution in [0, 0.1) is 21.8 Å². The Balaban J connectivity index is 0.000000340. The lowest BCUT2D eigenvalue weighted by Crippen LogP contribution is -2.24. The van der Waals surface area contributed by atoms with Gasteiger partial charge >= 0.3 is 6.18 Å². The summed E-state index contributed by atoms with van der Waals surface area (Å²) in [5.74, 6) is -2.10. The van der Waals surface area contributed by atoms with Crippen LogP contribution in [-0.2, 0) is 6.54 Å². The van der Waals surface area contributed by atoms with Crippen LogP contribution in [0.15, 0.2) is 36.4 Å². The van der Waals surface area contributed by atoms with Gasteiger partial charge in [-0.2, -0.15) is 13.2 Å². The Morgan fingerprint density at radius 2 is 1.76 bits per heavy atom. The van der Waals surface area contributed by atoms with Crippen molar-refractivity contribution in [3.63, 3.8) is 0 Å². The molecule has 1 aliphatic rings. The Morgan fingerprint density at radius 3 is 2.21 bits per heavy atom. The van der Waals surface area contributed by atoms with Gasteiger partial charge in [0.2, 0.25) is 0 Å². The van der Waals surface area contributed by atoms with E-state index in [0.29, 0.717) is 25.1 Å². The van der Waals surface area contributed by atoms with Crippen LogP contribution in [0.5, 0.6) is 0 Å². The molecule has 1 fully saturated rings. The van der Waals surface area contributed by atoms with Crippen molar-refractivity contribution in [2.45, 2.75) is 44.8 Å². The van der Waals surface area contributed by atoms with Gasteiger partial charge in [-0.05, 0) is 36.6 Å². The van der Waals surface area contributed by atoms with Crippen LogP contribution < -0.4 is 16.0 Å². The lowest BCUT2D eigenvalue weighted by molar-refractivity contribution is -0.383. The molecule has 1 saturated carbocycles. The molecule has 186 valence electrons. The number of hydrogen-bond acceptors (Lipinski definition) is 5. The van der Waals surface area contributed by atoms with Crippen LogP contribution in [0.4, 0.5) is 34.6 Å². The predicted octanol–water partition coefficient (Wildman–Crippen LogP) is 5.64. The van der Waals surface area contributed by atoms with E-state index < -0.39 is 22.9 Å². The van der Waals surface area contributed by atoms with E-state index in [-0.39, 0.29) is 22.8 Å². The van der Waals surface area contributed by atoms with Crippen LogP contribution in [0.3, 0.4) is 0 Å². The monoisotopic (exact) mass is 484 g/mol. The molecule has 0 radical (unpaired) electrons. The molecule has 0 bridgehead atoms. The first kappa shape index (κ1) is 26.9. The van der Waals surface area contributed by atoms with E-state index in [9.17, 15) is 32.5 Å². The van der Waals surface area contributed by atoms with Gasteiger partial charge in [-0.1, -0.05) is 31.4 Å². The first-order valence-electron chi connectivity index (χ1n) is 10.8. The van der Waals surface area contributed by atoms with Gasteiger partial charge in [0.15, 0.2) is 0 Å². The number of nitro benzene ring substituents is 1. The largest absolute Gasteiger partial charge is 0.391 e. The highest BCUT2D eigenvalue weighted by Gasteiger charge is 2.39. The number of nitrogens with one attached hydrogen (secondary N) is 1. The van der Waals surface area contributed by atoms with E-state index in [1.165, 1.54) is 18.2 Å². The summed E-state index contributed by atoms with van der Waals surface area (Å²) in [7, 11) is 3.27. The van der Waals surface area contributed by atoms with Gasteiger partial charge in [0.25, 0.3) is 11.6 Å². The van der Waals surface area contributed by atoms with Crippen LogP contribution in [0.25, 0.3) is 0 Å². The fourth-order valence-corrected chi connectivity index (χ4v) is 3.82. The SMILES string of the molecule is CNc1cc(N(C)Cc2ccc(F)cc2)c(C(N)=O)cc1[N+](=O)[O-].FC(F)(F)C1CCCCC1. The van der Waals surface area contributed by atoms with E-state index in [1.807, 2.05) is 0 Å². The average molecular weight is 484 g/mol. The first-order valence-corrected chi connectivity index (χ1v) is 10.8. The molecule has 0 spiro atoms. The minimum Gasteiger partial charge on any atom is -0.383 e. The van der Waals surface area contributed by atoms with E-state index in [2.05, 4.69) is 5.32 Å². The van der Waals surface area contributed by atoms with Crippen molar-refractivity contribution >= 4 is 23.0 Å². The number of nitro groups is 1. The third-order valence-electron chi connectivity index (χ3n) is 5.66. The van der Waals surface area contributed by atoms with Gasteiger partial charge in [-0.25, -0.2) is 4.39 Å². The van der Waals surface area contributed by atoms with Crippen molar-refractivity contribution in [2.75, 3.05) is 24.3 Å². The lowest BCUT2D eigenvalue weighted by Gasteiger charge is -2.23. The fraction of sp³-hybridized carbons (Fsp3) is 0.435. The number of carbonyl (C=O) groups excluding carboxylic acids is 1. The first-order chi connectivity index (χ1) is 15.9. The maximum atomic E-state index is 13.0. The summed E-state index contributed by atoms with van der Waals surface area (Å²) >= 11 is 0. The van der Waals surface area contributed by atoms with Gasteiger partial charge in [-0.3, -0.25) is 14.9 Å². The number of alkyl halides is 3. The molecule has 0 heterocycles. The van der Waals surface area contributed by atoms with E-state index in [0.717, 1.165) is 30.9 Å². The number of primary amides is 1. The third kappa shape index (κ3) is 7.32. The summed E-state index contributed by atoms with van der Waals surface area (Å²) < 4.78 is 48.8. The van der Waals surface area contributed by atoms with Gasteiger partial charge in [0.05, 0.1) is 22.1 Å². The zero-order chi connectivity index (χ0) is 25.5. The van der Waals surface area contributed by atoms with Gasteiger partial charge in [-0.15, -0.1) is 0 Å². The standard InChI is InChI=1S/C16H17FN4O3.C7H11F3/c1-19-13-8-14(12(16(18)22)7-15(13)21(23)24)20(2)9-10-3-5-11(17)6-4-10;8-7(9,10)6-4-2-1-3-5-6/h3-8,19H,9H2,1-2H3,(H2,18,22);6H,1-5H2. The summed E-state index contributed by atoms with van der Waals surface area (Å²) in [5.41, 5.74) is 6.72. The molecule has 0 atom stereocenters. The smallest absolute Gasteiger partial charge is 0.383 e. The molecular formula is C23H28F4N4O3. The number of amides is 1. The van der Waals surface area contributed by atoms with Gasteiger partial charge in [0.1, 0.15) is 11.5 Å². The summed E-state index contributed by atoms with van der Waals surface area (Å²) in [5, 5.41) is 13.9. The Bertz CT molecular complexity index is 991. The van der Waals surface area contributed by atoms with E-state index >= 15 is 0 Å². The number of hydrogen-bond donors (Lipinski definition) is 2. The van der Waals surface area contributed by atoms with Crippen molar-refractivity contribution in [1.82, 2.24) is 0 Å². The van der Waals surface area contributed by atoms with Gasteiger partial charge in [0, 0.05) is 26.7 Å². The molecule has 0 aliphatic heterocycles. The summed E-state index contributed by atoms with van der Waals surface area (Å²) in [6.45, 7) is 0.377. The normalized spacial score (nSPS) is 14.1. The molecule has 0 aromatic heterocycles. The second kappa shape index (κ2) is 11.7. The highest BCUT2D eigenvalue weighted by Crippen LogP contribution is 2.37. The molecule has 2 aromatic carbocycles. The predicted molar refractivity (Wildman–Crippen MR) is 122 cm³/mol. The minimum absolute atomic E-state index is 0.0466. The molecule has 34 heavy (non-hydrogen) atoms. The van der Waals surface area contributed by atoms with Crippen LogP contribution in [0.2, 0.25) is 0 Å². The quantitative estimate of drug-likeness (QED) is 0.314. The van der Waals surface area contributed by atoms with E-state index in [4.69, 9.17) is 5.73 Å². The van der Waals surface area contributed by atoms with E-state index in [1.54, 1.807) is 31.1 Å². The average Bonchev–Trinajstić information content (AvgIpc) is 2.80. The molecule has 3 rings (SSSR count). The number of nitrogens with zero attached hydrogens (tertiary/aromatic N) is 2. The zero-order valence-electron chi connectivity index (χ0n) is 19.0. The highest BCUT2D eigenvalue weighted by molar-refractivity contribution is 6.00. The summed E-state index contributed by atoms with van der Waals surface area (Å²) in [6.07, 6.45) is -0.742. The summed E-state index contributed by atoms with van der Waals surface area (Å²) in [4.78, 5) is 24.0. The Labute approximate surface area is 195 Å². The third-order valence-corrected chi connectivity index (χ3v) is 5.66. The Kier molecular flexibility index (Phi) is 9.22. The second-order valence-corrected chi connectivity index (χ2v) is 8.12. The molecule has 2 aromatic rings. The number of carbonyl (C=O) groups is 1. The molecule has 0 saturated heterocycles. The van der Waals surface area contributed by atoms with Crippen molar-refractivity contribution in [3.8, 4) is 0 Å². The Morgan fingerprint density at radius 1 is 1.18 bits per heavy atom.